The highest BCUT2D eigenvalue weighted by atomic mass is 79.9. The van der Waals surface area contributed by atoms with E-state index in [1.807, 2.05) is 24.3 Å². The fourth-order valence-corrected chi connectivity index (χ4v) is 4.05. The quantitative estimate of drug-likeness (QED) is 0.671. The number of carbonyl (C=O) groups is 2. The molecule has 1 heterocycles. The summed E-state index contributed by atoms with van der Waals surface area (Å²) in [6, 6.07) is 16.3. The van der Waals surface area contributed by atoms with Crippen molar-refractivity contribution in [1.82, 2.24) is 10.2 Å². The minimum atomic E-state index is -0.988. The summed E-state index contributed by atoms with van der Waals surface area (Å²) in [7, 11) is 0. The van der Waals surface area contributed by atoms with Crippen molar-refractivity contribution < 1.29 is 14.0 Å². The third-order valence-corrected chi connectivity index (χ3v) is 5.39. The standard InChI is InChI=1S/C21H16BrFN2O2/c22-17-12-14(11-13-5-1-2-6-15(13)17)21(27)25-10-9-24-20(26)19(25)16-7-3-4-8-18(16)23/h1-8,11-12,19H,9-10H2,(H,24,26). The number of benzene rings is 3. The maximum Gasteiger partial charge on any atom is 0.254 e. The molecule has 0 aromatic heterocycles. The molecule has 1 unspecified atom stereocenters. The number of fused-ring (bicyclic) bond motifs is 1. The SMILES string of the molecule is O=C1NCCN(C(=O)c2cc(Br)c3ccccc3c2)C1c1ccccc1F. The predicted molar refractivity (Wildman–Crippen MR) is 105 cm³/mol. The van der Waals surface area contributed by atoms with Crippen molar-refractivity contribution in [2.45, 2.75) is 6.04 Å². The minimum Gasteiger partial charge on any atom is -0.352 e. The van der Waals surface area contributed by atoms with Crippen LogP contribution in [0.25, 0.3) is 10.8 Å². The van der Waals surface area contributed by atoms with Crippen molar-refractivity contribution in [2.24, 2.45) is 0 Å². The number of halogens is 2. The first kappa shape index (κ1) is 17.7. The van der Waals surface area contributed by atoms with Crippen molar-refractivity contribution in [3.8, 4) is 0 Å². The van der Waals surface area contributed by atoms with Gasteiger partial charge in [-0.05, 0) is 29.0 Å². The van der Waals surface area contributed by atoms with Gasteiger partial charge in [0.25, 0.3) is 5.91 Å². The van der Waals surface area contributed by atoms with Gasteiger partial charge in [-0.2, -0.15) is 0 Å². The summed E-state index contributed by atoms with van der Waals surface area (Å²) in [5.74, 6) is -1.18. The van der Waals surface area contributed by atoms with Gasteiger partial charge in [-0.25, -0.2) is 4.39 Å². The summed E-state index contributed by atoms with van der Waals surface area (Å²) >= 11 is 3.51. The van der Waals surface area contributed by atoms with Crippen LogP contribution in [0.4, 0.5) is 4.39 Å². The number of hydrogen-bond acceptors (Lipinski definition) is 2. The van der Waals surface area contributed by atoms with E-state index in [2.05, 4.69) is 21.2 Å². The molecule has 1 aliphatic rings. The van der Waals surface area contributed by atoms with Gasteiger partial charge in [0, 0.05) is 28.7 Å². The van der Waals surface area contributed by atoms with Gasteiger partial charge in [0.1, 0.15) is 11.9 Å². The Morgan fingerprint density at radius 1 is 1.11 bits per heavy atom. The largest absolute Gasteiger partial charge is 0.352 e. The first-order valence-corrected chi connectivity index (χ1v) is 9.37. The van der Waals surface area contributed by atoms with E-state index >= 15 is 0 Å². The van der Waals surface area contributed by atoms with Crippen molar-refractivity contribution in [3.63, 3.8) is 0 Å². The molecule has 136 valence electrons. The number of carbonyl (C=O) groups excluding carboxylic acids is 2. The van der Waals surface area contributed by atoms with Crippen LogP contribution in [0.5, 0.6) is 0 Å². The van der Waals surface area contributed by atoms with E-state index in [4.69, 9.17) is 0 Å². The first-order valence-electron chi connectivity index (χ1n) is 8.57. The Kier molecular flexibility index (Phi) is 4.66. The van der Waals surface area contributed by atoms with Crippen LogP contribution in [-0.4, -0.2) is 29.8 Å². The smallest absolute Gasteiger partial charge is 0.254 e. The second kappa shape index (κ2) is 7.12. The molecule has 1 N–H and O–H groups in total. The molecule has 27 heavy (non-hydrogen) atoms. The fourth-order valence-electron chi connectivity index (χ4n) is 3.44. The van der Waals surface area contributed by atoms with Gasteiger partial charge in [0.15, 0.2) is 0 Å². The highest BCUT2D eigenvalue weighted by Gasteiger charge is 2.36. The van der Waals surface area contributed by atoms with E-state index < -0.39 is 11.9 Å². The third kappa shape index (κ3) is 3.21. The Morgan fingerprint density at radius 2 is 1.85 bits per heavy atom. The average Bonchev–Trinajstić information content (AvgIpc) is 2.68. The molecular formula is C21H16BrFN2O2. The van der Waals surface area contributed by atoms with Gasteiger partial charge in [-0.3, -0.25) is 9.59 Å². The van der Waals surface area contributed by atoms with Crippen LogP contribution in [0.15, 0.2) is 65.1 Å². The van der Waals surface area contributed by atoms with Gasteiger partial charge in [0.05, 0.1) is 0 Å². The summed E-state index contributed by atoms with van der Waals surface area (Å²) in [6.07, 6.45) is 0. The molecule has 1 saturated heterocycles. The van der Waals surface area contributed by atoms with Crippen LogP contribution >= 0.6 is 15.9 Å². The van der Waals surface area contributed by atoms with E-state index in [1.165, 1.54) is 11.0 Å². The number of piperazine rings is 1. The average molecular weight is 427 g/mol. The lowest BCUT2D eigenvalue weighted by atomic mass is 9.99. The Morgan fingerprint density at radius 3 is 2.67 bits per heavy atom. The molecule has 1 atom stereocenters. The van der Waals surface area contributed by atoms with Gasteiger partial charge >= 0.3 is 0 Å². The molecule has 2 amide bonds. The summed E-state index contributed by atoms with van der Waals surface area (Å²) in [4.78, 5) is 27.2. The Balaban J connectivity index is 1.77. The molecule has 1 fully saturated rings. The predicted octanol–water partition coefficient (Wildman–Crippen LogP) is 4.05. The fraction of sp³-hybridized carbons (Fsp3) is 0.143. The topological polar surface area (TPSA) is 49.4 Å². The zero-order valence-electron chi connectivity index (χ0n) is 14.3. The van der Waals surface area contributed by atoms with E-state index in [1.54, 1.807) is 30.3 Å². The normalized spacial score (nSPS) is 17.0. The second-order valence-corrected chi connectivity index (χ2v) is 7.25. The van der Waals surface area contributed by atoms with Crippen molar-refractivity contribution in [3.05, 3.63) is 82.1 Å². The summed E-state index contributed by atoms with van der Waals surface area (Å²) < 4.78 is 15.1. The molecule has 0 aliphatic carbocycles. The number of amides is 2. The van der Waals surface area contributed by atoms with E-state index in [9.17, 15) is 14.0 Å². The monoisotopic (exact) mass is 426 g/mol. The van der Waals surface area contributed by atoms with E-state index in [-0.39, 0.29) is 17.4 Å². The van der Waals surface area contributed by atoms with E-state index in [0.29, 0.717) is 18.7 Å². The lowest BCUT2D eigenvalue weighted by Crippen LogP contribution is -2.52. The molecule has 3 aromatic carbocycles. The molecule has 3 aromatic rings. The zero-order chi connectivity index (χ0) is 19.0. The molecule has 0 bridgehead atoms. The number of nitrogens with zero attached hydrogens (tertiary/aromatic N) is 1. The van der Waals surface area contributed by atoms with Crippen LogP contribution in [0.1, 0.15) is 22.0 Å². The summed E-state index contributed by atoms with van der Waals surface area (Å²) in [5.41, 5.74) is 0.652. The molecule has 0 spiro atoms. The molecule has 4 nitrogen and oxygen atoms in total. The molecule has 0 saturated carbocycles. The lowest BCUT2D eigenvalue weighted by molar-refractivity contribution is -0.128. The van der Waals surface area contributed by atoms with Crippen LogP contribution in [0.2, 0.25) is 0 Å². The summed E-state index contributed by atoms with van der Waals surface area (Å²) in [6.45, 7) is 0.651. The van der Waals surface area contributed by atoms with Gasteiger partial charge in [0.2, 0.25) is 5.91 Å². The highest BCUT2D eigenvalue weighted by molar-refractivity contribution is 9.10. The second-order valence-electron chi connectivity index (χ2n) is 6.39. The van der Waals surface area contributed by atoms with Crippen molar-refractivity contribution in [1.29, 1.82) is 0 Å². The summed E-state index contributed by atoms with van der Waals surface area (Å²) in [5, 5.41) is 4.64. The van der Waals surface area contributed by atoms with Crippen LogP contribution in [0, 0.1) is 5.82 Å². The molecule has 0 radical (unpaired) electrons. The third-order valence-electron chi connectivity index (χ3n) is 4.73. The Hall–Kier alpha value is -2.73. The molecule has 1 aliphatic heterocycles. The van der Waals surface area contributed by atoms with Crippen molar-refractivity contribution >= 4 is 38.5 Å². The van der Waals surface area contributed by atoms with Gasteiger partial charge < -0.3 is 10.2 Å². The number of nitrogens with one attached hydrogen (secondary N) is 1. The number of rotatable bonds is 2. The van der Waals surface area contributed by atoms with Gasteiger partial charge in [-0.15, -0.1) is 0 Å². The Bertz CT molecular complexity index is 1050. The van der Waals surface area contributed by atoms with Crippen LogP contribution < -0.4 is 5.32 Å². The number of hydrogen-bond donors (Lipinski definition) is 1. The highest BCUT2D eigenvalue weighted by Crippen LogP contribution is 2.30. The first-order chi connectivity index (χ1) is 13.1. The van der Waals surface area contributed by atoms with Crippen LogP contribution in [-0.2, 0) is 4.79 Å². The van der Waals surface area contributed by atoms with Crippen molar-refractivity contribution in [2.75, 3.05) is 13.1 Å². The maximum atomic E-state index is 14.3. The zero-order valence-corrected chi connectivity index (χ0v) is 15.9. The molecule has 6 heteroatoms. The molecular weight excluding hydrogens is 411 g/mol. The maximum absolute atomic E-state index is 14.3. The van der Waals surface area contributed by atoms with Gasteiger partial charge in [-0.1, -0.05) is 58.4 Å². The Labute approximate surface area is 164 Å². The lowest BCUT2D eigenvalue weighted by Gasteiger charge is -2.35. The van der Waals surface area contributed by atoms with E-state index in [0.717, 1.165) is 15.2 Å². The van der Waals surface area contributed by atoms with Crippen LogP contribution in [0.3, 0.4) is 0 Å². The molecule has 4 rings (SSSR count). The minimum absolute atomic E-state index is 0.197.